The lowest BCUT2D eigenvalue weighted by Crippen LogP contribution is -2.03. The summed E-state index contributed by atoms with van der Waals surface area (Å²) in [5.74, 6) is 0.495. The number of methoxy groups -OCH3 is 1. The number of hydrogen-bond acceptors (Lipinski definition) is 4. The van der Waals surface area contributed by atoms with Crippen molar-refractivity contribution in [3.8, 4) is 17.2 Å². The molecule has 0 aliphatic carbocycles. The van der Waals surface area contributed by atoms with Crippen molar-refractivity contribution in [3.63, 3.8) is 0 Å². The SMILES string of the molecule is COc1ccc(Br)cc1C=CC(=O)c1c(O)cccc1OCc1ccccc1. The van der Waals surface area contributed by atoms with Crippen molar-refractivity contribution in [1.82, 2.24) is 0 Å². The van der Waals surface area contributed by atoms with E-state index in [9.17, 15) is 9.90 Å². The van der Waals surface area contributed by atoms with Crippen molar-refractivity contribution in [1.29, 1.82) is 0 Å². The van der Waals surface area contributed by atoms with Crippen LogP contribution in [0.15, 0.2) is 77.3 Å². The van der Waals surface area contributed by atoms with Gasteiger partial charge in [0.1, 0.15) is 29.4 Å². The number of ether oxygens (including phenoxy) is 2. The first kappa shape index (κ1) is 19.7. The summed E-state index contributed by atoms with van der Waals surface area (Å²) in [5, 5.41) is 10.2. The molecule has 1 N–H and O–H groups in total. The van der Waals surface area contributed by atoms with Gasteiger partial charge in [-0.25, -0.2) is 0 Å². The van der Waals surface area contributed by atoms with Crippen LogP contribution < -0.4 is 9.47 Å². The lowest BCUT2D eigenvalue weighted by molar-refractivity contribution is 0.104. The van der Waals surface area contributed by atoms with Gasteiger partial charge in [0.2, 0.25) is 0 Å². The molecule has 3 aromatic carbocycles. The van der Waals surface area contributed by atoms with Gasteiger partial charge < -0.3 is 14.6 Å². The first-order chi connectivity index (χ1) is 13.6. The van der Waals surface area contributed by atoms with Gasteiger partial charge in [-0.1, -0.05) is 52.3 Å². The van der Waals surface area contributed by atoms with Crippen LogP contribution in [0.4, 0.5) is 0 Å². The summed E-state index contributed by atoms with van der Waals surface area (Å²) < 4.78 is 12.0. The monoisotopic (exact) mass is 438 g/mol. The molecule has 0 spiro atoms. The second-order valence-electron chi connectivity index (χ2n) is 6.01. The van der Waals surface area contributed by atoms with Crippen molar-refractivity contribution in [2.45, 2.75) is 6.61 Å². The number of aromatic hydroxyl groups is 1. The van der Waals surface area contributed by atoms with Crippen molar-refractivity contribution >= 4 is 27.8 Å². The molecule has 0 atom stereocenters. The van der Waals surface area contributed by atoms with Gasteiger partial charge in [0.15, 0.2) is 5.78 Å². The summed E-state index contributed by atoms with van der Waals surface area (Å²) in [6.45, 7) is 0.299. The van der Waals surface area contributed by atoms with E-state index in [0.29, 0.717) is 18.1 Å². The van der Waals surface area contributed by atoms with Crippen molar-refractivity contribution in [2.75, 3.05) is 7.11 Å². The number of halogens is 1. The molecule has 0 saturated carbocycles. The third-order valence-electron chi connectivity index (χ3n) is 4.09. The zero-order chi connectivity index (χ0) is 19.9. The highest BCUT2D eigenvalue weighted by molar-refractivity contribution is 9.10. The van der Waals surface area contributed by atoms with Crippen LogP contribution in [0.5, 0.6) is 17.2 Å². The fraction of sp³-hybridized carbons (Fsp3) is 0.0870. The Labute approximate surface area is 172 Å². The van der Waals surface area contributed by atoms with Gasteiger partial charge >= 0.3 is 0 Å². The van der Waals surface area contributed by atoms with E-state index in [1.165, 1.54) is 12.1 Å². The molecule has 0 aliphatic rings. The first-order valence-electron chi connectivity index (χ1n) is 8.63. The second-order valence-corrected chi connectivity index (χ2v) is 6.92. The zero-order valence-corrected chi connectivity index (χ0v) is 16.8. The largest absolute Gasteiger partial charge is 0.507 e. The van der Waals surface area contributed by atoms with E-state index in [-0.39, 0.29) is 17.1 Å². The Morgan fingerprint density at radius 3 is 2.57 bits per heavy atom. The van der Waals surface area contributed by atoms with Crippen LogP contribution in [0.3, 0.4) is 0 Å². The molecule has 142 valence electrons. The van der Waals surface area contributed by atoms with Gasteiger partial charge in [-0.3, -0.25) is 4.79 Å². The molecule has 28 heavy (non-hydrogen) atoms. The predicted octanol–water partition coefficient (Wildman–Crippen LogP) is 5.64. The van der Waals surface area contributed by atoms with Gasteiger partial charge in [0.05, 0.1) is 7.11 Å². The minimum atomic E-state index is -0.358. The fourth-order valence-corrected chi connectivity index (χ4v) is 3.09. The highest BCUT2D eigenvalue weighted by Crippen LogP contribution is 2.30. The smallest absolute Gasteiger partial charge is 0.193 e. The number of hydrogen-bond donors (Lipinski definition) is 1. The lowest BCUT2D eigenvalue weighted by atomic mass is 10.1. The number of phenolic OH excluding ortho intramolecular Hbond substituents is 1. The topological polar surface area (TPSA) is 55.8 Å². The highest BCUT2D eigenvalue weighted by Gasteiger charge is 2.16. The Morgan fingerprint density at radius 1 is 1.04 bits per heavy atom. The molecule has 0 unspecified atom stereocenters. The number of benzene rings is 3. The van der Waals surface area contributed by atoms with Crippen LogP contribution in [0.1, 0.15) is 21.5 Å². The maximum absolute atomic E-state index is 12.8. The zero-order valence-electron chi connectivity index (χ0n) is 15.3. The van der Waals surface area contributed by atoms with Crippen molar-refractivity contribution in [3.05, 3.63) is 94.0 Å². The van der Waals surface area contributed by atoms with Crippen LogP contribution in [-0.4, -0.2) is 18.0 Å². The number of carbonyl (C=O) groups excluding carboxylic acids is 1. The number of rotatable bonds is 7. The Balaban J connectivity index is 1.84. The van der Waals surface area contributed by atoms with Crippen LogP contribution in [0, 0.1) is 0 Å². The summed E-state index contributed by atoms with van der Waals surface area (Å²) in [7, 11) is 1.57. The Morgan fingerprint density at radius 2 is 1.82 bits per heavy atom. The molecule has 0 heterocycles. The maximum Gasteiger partial charge on any atom is 0.193 e. The summed E-state index contributed by atoms with van der Waals surface area (Å²) in [6.07, 6.45) is 3.05. The van der Waals surface area contributed by atoms with Crippen LogP contribution in [-0.2, 0) is 6.61 Å². The van der Waals surface area contributed by atoms with Crippen LogP contribution in [0.25, 0.3) is 6.08 Å². The van der Waals surface area contributed by atoms with Gasteiger partial charge in [0.25, 0.3) is 0 Å². The summed E-state index contributed by atoms with van der Waals surface area (Å²) in [5.41, 5.74) is 1.84. The van der Waals surface area contributed by atoms with Crippen molar-refractivity contribution < 1.29 is 19.4 Å². The molecule has 3 aromatic rings. The third kappa shape index (κ3) is 4.81. The third-order valence-corrected chi connectivity index (χ3v) is 4.59. The van der Waals surface area contributed by atoms with E-state index in [1.807, 2.05) is 48.5 Å². The Hall–Kier alpha value is -3.05. The standard InChI is InChI=1S/C23H19BrO4/c1-27-21-13-11-18(24)14-17(21)10-12-20(26)23-19(25)8-5-9-22(23)28-15-16-6-3-2-4-7-16/h2-14,25H,15H2,1H3. The minimum Gasteiger partial charge on any atom is -0.507 e. The van der Waals surface area contributed by atoms with Gasteiger partial charge in [-0.15, -0.1) is 0 Å². The number of carbonyl (C=O) groups is 1. The molecular weight excluding hydrogens is 420 g/mol. The lowest BCUT2D eigenvalue weighted by Gasteiger charge is -2.11. The van der Waals surface area contributed by atoms with E-state index in [0.717, 1.165) is 15.6 Å². The molecule has 0 fully saturated rings. The fourth-order valence-electron chi connectivity index (χ4n) is 2.71. The molecular formula is C23H19BrO4. The molecule has 4 nitrogen and oxygen atoms in total. The van der Waals surface area contributed by atoms with E-state index >= 15 is 0 Å². The van der Waals surface area contributed by atoms with Crippen LogP contribution >= 0.6 is 15.9 Å². The van der Waals surface area contributed by atoms with E-state index < -0.39 is 0 Å². The maximum atomic E-state index is 12.8. The average molecular weight is 439 g/mol. The summed E-state index contributed by atoms with van der Waals surface area (Å²) >= 11 is 3.41. The quantitative estimate of drug-likeness (QED) is 0.383. The minimum absolute atomic E-state index is 0.124. The molecule has 0 aliphatic heterocycles. The molecule has 5 heteroatoms. The second kappa shape index (κ2) is 9.24. The molecule has 0 radical (unpaired) electrons. The van der Waals surface area contributed by atoms with E-state index in [2.05, 4.69) is 15.9 Å². The van der Waals surface area contributed by atoms with Crippen molar-refractivity contribution in [2.24, 2.45) is 0 Å². The normalized spacial score (nSPS) is 10.8. The molecule has 0 aromatic heterocycles. The Kier molecular flexibility index (Phi) is 6.50. The summed E-state index contributed by atoms with van der Waals surface area (Å²) in [4.78, 5) is 12.8. The molecule has 3 rings (SSSR count). The van der Waals surface area contributed by atoms with Crippen LogP contribution in [0.2, 0.25) is 0 Å². The molecule has 0 saturated heterocycles. The molecule has 0 bridgehead atoms. The van der Waals surface area contributed by atoms with Gasteiger partial charge in [-0.05, 0) is 48.0 Å². The number of phenols is 1. The Bertz CT molecular complexity index is 997. The van der Waals surface area contributed by atoms with E-state index in [1.54, 1.807) is 25.3 Å². The summed E-state index contributed by atoms with van der Waals surface area (Å²) in [6, 6.07) is 19.9. The average Bonchev–Trinajstić information content (AvgIpc) is 2.71. The first-order valence-corrected chi connectivity index (χ1v) is 9.42. The number of allylic oxidation sites excluding steroid dienone is 1. The predicted molar refractivity (Wildman–Crippen MR) is 113 cm³/mol. The molecule has 0 amide bonds. The number of ketones is 1. The van der Waals surface area contributed by atoms with E-state index in [4.69, 9.17) is 9.47 Å². The highest BCUT2D eigenvalue weighted by atomic mass is 79.9. The van der Waals surface area contributed by atoms with Gasteiger partial charge in [-0.2, -0.15) is 0 Å². The van der Waals surface area contributed by atoms with Gasteiger partial charge in [0, 0.05) is 10.0 Å².